The Morgan fingerprint density at radius 3 is 2.23 bits per heavy atom. The van der Waals surface area contributed by atoms with E-state index in [1.807, 2.05) is 70.7 Å². The van der Waals surface area contributed by atoms with Gasteiger partial charge in [-0.25, -0.2) is 4.79 Å². The Morgan fingerprint density at radius 1 is 0.981 bits per heavy atom. The lowest BCUT2D eigenvalue weighted by Gasteiger charge is -2.38. The average Bonchev–Trinajstić information content (AvgIpc) is 3.74. The Morgan fingerprint density at radius 2 is 1.65 bits per heavy atom. The summed E-state index contributed by atoms with van der Waals surface area (Å²) in [6.45, 7) is 17.0. The van der Waals surface area contributed by atoms with Crippen molar-refractivity contribution in [2.24, 2.45) is 23.2 Å². The maximum absolute atomic E-state index is 14.8. The number of hydrogen-bond donors (Lipinski definition) is 4. The van der Waals surface area contributed by atoms with Crippen LogP contribution < -0.4 is 21.3 Å². The van der Waals surface area contributed by atoms with Crippen LogP contribution in [0.4, 0.5) is 4.79 Å². The van der Waals surface area contributed by atoms with Crippen molar-refractivity contribution >= 4 is 35.4 Å². The second kappa shape index (κ2) is 18.0. The molecule has 4 N–H and O–H groups in total. The maximum Gasteiger partial charge on any atom is 0.315 e. The number of Topliss-reactive ketones (excluding diaryl/α,β-unsaturated/α-hetero) is 1. The zero-order valence-corrected chi connectivity index (χ0v) is 32.0. The van der Waals surface area contributed by atoms with Crippen molar-refractivity contribution in [1.82, 2.24) is 31.1 Å². The highest BCUT2D eigenvalue weighted by molar-refractivity contribution is 6.38. The predicted octanol–water partition coefficient (Wildman–Crippen LogP) is 3.53. The number of fused-ring (bicyclic) bond motifs is 1. The van der Waals surface area contributed by atoms with Gasteiger partial charge in [0.25, 0.3) is 5.91 Å². The van der Waals surface area contributed by atoms with E-state index in [-0.39, 0.29) is 54.0 Å². The molecular formula is C40H60N6O6. The molecule has 12 heteroatoms. The standard InChI is InChI=1S/C40H60N6O6/c1-8-14-30(35(48)37(50)41-19-9-2)42-36(49)34-29(25(3)4)18-21-46(34)38(51)33(28-22-26-15-10-11-16-27(26)23-28)44-39(52)43-31(40(5,6)7)24-45-20-13-12-17-32(45)47/h9-11,15-16,25,28-31,33-34H,2,8,12-14,17-24H2,1,3-7H3,(H,41,50)(H,42,49)(H2,43,44,52)/t29-,30?,31-,33+,34+/m1/s1. The number of benzene rings is 1. The number of rotatable bonds is 15. The van der Waals surface area contributed by atoms with Gasteiger partial charge >= 0.3 is 6.03 Å². The smallest absolute Gasteiger partial charge is 0.315 e. The Bertz CT molecular complexity index is 1460. The molecule has 2 heterocycles. The first kappa shape index (κ1) is 40.5. The number of urea groups is 1. The summed E-state index contributed by atoms with van der Waals surface area (Å²) in [7, 11) is 0. The largest absolute Gasteiger partial charge is 0.346 e. The Hall–Kier alpha value is -4.22. The molecule has 0 bridgehead atoms. The molecule has 1 aromatic rings. The van der Waals surface area contributed by atoms with Crippen LogP contribution in [-0.2, 0) is 36.8 Å². The van der Waals surface area contributed by atoms with Crippen molar-refractivity contribution in [2.45, 2.75) is 117 Å². The van der Waals surface area contributed by atoms with Gasteiger partial charge in [-0.15, -0.1) is 6.58 Å². The minimum absolute atomic E-state index is 0.0419. The summed E-state index contributed by atoms with van der Waals surface area (Å²) in [4.78, 5) is 84.7. The molecule has 0 saturated carbocycles. The van der Waals surface area contributed by atoms with Crippen LogP contribution in [-0.4, -0.2) is 95.6 Å². The number of likely N-dealkylation sites (tertiary alicyclic amines) is 2. The third-order valence-electron chi connectivity index (χ3n) is 11.0. The van der Waals surface area contributed by atoms with Crippen LogP contribution in [0, 0.1) is 23.2 Å². The normalized spacial score (nSPS) is 20.9. The van der Waals surface area contributed by atoms with E-state index in [1.54, 1.807) is 4.90 Å². The number of piperidine rings is 1. The van der Waals surface area contributed by atoms with Gasteiger partial charge in [-0.3, -0.25) is 24.0 Å². The number of ketones is 1. The van der Waals surface area contributed by atoms with Crippen molar-refractivity contribution in [3.8, 4) is 0 Å². The fourth-order valence-corrected chi connectivity index (χ4v) is 7.86. The molecule has 286 valence electrons. The quantitative estimate of drug-likeness (QED) is 0.161. The lowest BCUT2D eigenvalue weighted by molar-refractivity contribution is -0.144. The molecule has 12 nitrogen and oxygen atoms in total. The summed E-state index contributed by atoms with van der Waals surface area (Å²) in [6.07, 6.45) is 6.33. The van der Waals surface area contributed by atoms with E-state index in [2.05, 4.69) is 27.8 Å². The van der Waals surface area contributed by atoms with Crippen LogP contribution in [0.1, 0.15) is 91.2 Å². The van der Waals surface area contributed by atoms with Crippen LogP contribution in [0.2, 0.25) is 0 Å². The van der Waals surface area contributed by atoms with Crippen molar-refractivity contribution < 1.29 is 28.8 Å². The minimum atomic E-state index is -1.04. The van der Waals surface area contributed by atoms with Crippen LogP contribution in [0.5, 0.6) is 0 Å². The molecule has 0 spiro atoms. The number of amides is 6. The minimum Gasteiger partial charge on any atom is -0.346 e. The maximum atomic E-state index is 14.8. The highest BCUT2D eigenvalue weighted by Gasteiger charge is 2.48. The molecule has 0 radical (unpaired) electrons. The highest BCUT2D eigenvalue weighted by atomic mass is 16.2. The van der Waals surface area contributed by atoms with Crippen molar-refractivity contribution in [2.75, 3.05) is 26.2 Å². The SMILES string of the molecule is C=CCNC(=O)C(=O)C(CCC)NC(=O)[C@@H]1[C@@H](C(C)C)CCN1C(=O)[C@@H](NC(=O)N[C@H](CN1CCCCC1=O)C(C)(C)C)C1Cc2ccccc2C1. The molecule has 1 aromatic carbocycles. The molecular weight excluding hydrogens is 660 g/mol. The summed E-state index contributed by atoms with van der Waals surface area (Å²) >= 11 is 0. The third-order valence-corrected chi connectivity index (χ3v) is 11.0. The molecule has 1 unspecified atom stereocenters. The number of carbonyl (C=O) groups excluding carboxylic acids is 6. The first-order chi connectivity index (χ1) is 24.7. The van der Waals surface area contributed by atoms with E-state index in [1.165, 1.54) is 6.08 Å². The third kappa shape index (κ3) is 10.0. The van der Waals surface area contributed by atoms with E-state index in [0.717, 1.165) is 24.0 Å². The fraction of sp³-hybridized carbons (Fsp3) is 0.650. The zero-order chi connectivity index (χ0) is 38.2. The predicted molar refractivity (Wildman–Crippen MR) is 200 cm³/mol. The van der Waals surface area contributed by atoms with Crippen molar-refractivity contribution in [3.05, 3.63) is 48.0 Å². The molecule has 52 heavy (non-hydrogen) atoms. The van der Waals surface area contributed by atoms with E-state index in [9.17, 15) is 28.8 Å². The first-order valence-electron chi connectivity index (χ1n) is 19.1. The second-order valence-corrected chi connectivity index (χ2v) is 16.1. The Balaban J connectivity index is 1.60. The van der Waals surface area contributed by atoms with E-state index >= 15 is 0 Å². The van der Waals surface area contributed by atoms with E-state index in [0.29, 0.717) is 51.7 Å². The van der Waals surface area contributed by atoms with E-state index < -0.39 is 41.8 Å². The molecule has 0 aromatic heterocycles. The summed E-state index contributed by atoms with van der Waals surface area (Å²) in [5, 5.41) is 11.5. The molecule has 1 aliphatic carbocycles. The van der Waals surface area contributed by atoms with Gasteiger partial charge in [0.15, 0.2) is 0 Å². The first-order valence-corrected chi connectivity index (χ1v) is 19.1. The number of carbonyl (C=O) groups is 6. The van der Waals surface area contributed by atoms with Gasteiger partial charge in [-0.1, -0.05) is 78.3 Å². The lowest BCUT2D eigenvalue weighted by Crippen LogP contribution is -2.61. The van der Waals surface area contributed by atoms with Gasteiger partial charge < -0.3 is 31.1 Å². The number of hydrogen-bond acceptors (Lipinski definition) is 6. The summed E-state index contributed by atoms with van der Waals surface area (Å²) < 4.78 is 0. The van der Waals surface area contributed by atoms with E-state index in [4.69, 9.17) is 0 Å². The van der Waals surface area contributed by atoms with Crippen LogP contribution in [0.3, 0.4) is 0 Å². The summed E-state index contributed by atoms with van der Waals surface area (Å²) in [5.41, 5.74) is 1.86. The number of nitrogens with zero attached hydrogens (tertiary/aromatic N) is 2. The molecule has 6 amide bonds. The molecule has 5 atom stereocenters. The van der Waals surface area contributed by atoms with Gasteiger partial charge in [-0.2, -0.15) is 0 Å². The van der Waals surface area contributed by atoms with Gasteiger partial charge in [-0.05, 0) is 72.8 Å². The van der Waals surface area contributed by atoms with Gasteiger partial charge in [0.05, 0.1) is 12.1 Å². The fourth-order valence-electron chi connectivity index (χ4n) is 7.86. The number of nitrogens with one attached hydrogen (secondary N) is 4. The topological polar surface area (TPSA) is 157 Å². The summed E-state index contributed by atoms with van der Waals surface area (Å²) in [6, 6.07) is 4.26. The van der Waals surface area contributed by atoms with Gasteiger partial charge in [0.2, 0.25) is 23.5 Å². The van der Waals surface area contributed by atoms with Gasteiger partial charge in [0.1, 0.15) is 12.1 Å². The average molecular weight is 721 g/mol. The van der Waals surface area contributed by atoms with Gasteiger partial charge in [0, 0.05) is 32.6 Å². The second-order valence-electron chi connectivity index (χ2n) is 16.1. The Kier molecular flexibility index (Phi) is 14.0. The van der Waals surface area contributed by atoms with Crippen molar-refractivity contribution in [1.29, 1.82) is 0 Å². The van der Waals surface area contributed by atoms with Crippen LogP contribution in [0.25, 0.3) is 0 Å². The highest BCUT2D eigenvalue weighted by Crippen LogP contribution is 2.35. The lowest BCUT2D eigenvalue weighted by atomic mass is 9.86. The monoisotopic (exact) mass is 720 g/mol. The molecule has 2 saturated heterocycles. The zero-order valence-electron chi connectivity index (χ0n) is 32.0. The van der Waals surface area contributed by atoms with Crippen molar-refractivity contribution in [3.63, 3.8) is 0 Å². The molecule has 4 rings (SSSR count). The van der Waals surface area contributed by atoms with Crippen LogP contribution in [0.15, 0.2) is 36.9 Å². The molecule has 3 aliphatic rings. The molecule has 2 aliphatic heterocycles. The van der Waals surface area contributed by atoms with Crippen LogP contribution >= 0.6 is 0 Å². The Labute approximate surface area is 309 Å². The summed E-state index contributed by atoms with van der Waals surface area (Å²) in [5.74, 6) is -2.70. The molecule has 2 fully saturated rings.